The molecule has 0 unspecified atom stereocenters. The third-order valence-electron chi connectivity index (χ3n) is 6.05. The number of rotatable bonds is 5. The number of carbonyl (C=O) groups excluding carboxylic acids is 1. The Morgan fingerprint density at radius 3 is 2.75 bits per heavy atom. The van der Waals surface area contributed by atoms with Crippen LogP contribution in [0.3, 0.4) is 0 Å². The number of aryl methyl sites for hydroxylation is 1. The van der Waals surface area contributed by atoms with Crippen LogP contribution in [0.5, 0.6) is 0 Å². The summed E-state index contributed by atoms with van der Waals surface area (Å²) in [5, 5.41) is 11.1. The number of carbonyl (C=O) groups is 1. The van der Waals surface area contributed by atoms with Crippen molar-refractivity contribution >= 4 is 28.0 Å². The first kappa shape index (κ1) is 20.6. The second-order valence-corrected chi connectivity index (χ2v) is 9.21. The lowest BCUT2D eigenvalue weighted by Gasteiger charge is -2.32. The van der Waals surface area contributed by atoms with Gasteiger partial charge in [0, 0.05) is 42.2 Å². The average Bonchev–Trinajstić information content (AvgIpc) is 3.45. The number of likely N-dealkylation sites (tertiary alicyclic amines) is 1. The molecule has 1 aliphatic rings. The van der Waals surface area contributed by atoms with Crippen LogP contribution in [0.4, 0.5) is 0 Å². The fourth-order valence-corrected chi connectivity index (χ4v) is 5.02. The van der Waals surface area contributed by atoms with Gasteiger partial charge in [-0.1, -0.05) is 18.2 Å². The van der Waals surface area contributed by atoms with Gasteiger partial charge >= 0.3 is 0 Å². The number of H-pyrrole nitrogens is 1. The van der Waals surface area contributed by atoms with E-state index in [0.717, 1.165) is 41.3 Å². The number of hydrogen-bond donors (Lipinski definition) is 1. The number of thiazole rings is 1. The number of aromatic nitrogens is 5. The van der Waals surface area contributed by atoms with Gasteiger partial charge < -0.3 is 9.47 Å². The summed E-state index contributed by atoms with van der Waals surface area (Å²) < 4.78 is 2.17. The highest BCUT2D eigenvalue weighted by Gasteiger charge is 2.27. The third-order valence-corrected chi connectivity index (χ3v) is 6.88. The second-order valence-electron chi connectivity index (χ2n) is 8.15. The van der Waals surface area contributed by atoms with Crippen molar-refractivity contribution in [3.8, 4) is 0 Å². The molecule has 4 heterocycles. The number of hydrogen-bond acceptors (Lipinski definition) is 6. The molecule has 0 saturated carbocycles. The van der Waals surface area contributed by atoms with E-state index in [1.807, 2.05) is 42.4 Å². The van der Waals surface area contributed by atoms with Gasteiger partial charge in [0.15, 0.2) is 0 Å². The minimum Gasteiger partial charge on any atom is -0.342 e. The predicted molar refractivity (Wildman–Crippen MR) is 123 cm³/mol. The SMILES string of the molecule is Cc1nc(Cn2ccnc2C2CCN(C(=O)Cc3n[nH]c(=O)c4ccccc34)CC2)cs1. The molecular weight excluding hydrogens is 424 g/mol. The second kappa shape index (κ2) is 8.66. The average molecular weight is 449 g/mol. The molecule has 4 aromatic rings. The number of benzene rings is 1. The first-order valence-corrected chi connectivity index (χ1v) is 11.6. The van der Waals surface area contributed by atoms with Gasteiger partial charge in [0.25, 0.3) is 5.56 Å². The summed E-state index contributed by atoms with van der Waals surface area (Å²) in [5.74, 6) is 1.42. The molecule has 8 nitrogen and oxygen atoms in total. The van der Waals surface area contributed by atoms with Gasteiger partial charge in [0.1, 0.15) is 5.82 Å². The van der Waals surface area contributed by atoms with Gasteiger partial charge in [-0.15, -0.1) is 11.3 Å². The normalized spacial score (nSPS) is 14.8. The molecule has 1 saturated heterocycles. The van der Waals surface area contributed by atoms with E-state index in [4.69, 9.17) is 0 Å². The number of imidazole rings is 1. The van der Waals surface area contributed by atoms with E-state index in [2.05, 4.69) is 30.1 Å². The van der Waals surface area contributed by atoms with E-state index < -0.39 is 0 Å². The van der Waals surface area contributed by atoms with Crippen LogP contribution in [0, 0.1) is 6.92 Å². The largest absolute Gasteiger partial charge is 0.342 e. The Hall–Kier alpha value is -3.33. The minimum absolute atomic E-state index is 0.0365. The summed E-state index contributed by atoms with van der Waals surface area (Å²) in [4.78, 5) is 36.0. The summed E-state index contributed by atoms with van der Waals surface area (Å²) in [6.07, 6.45) is 5.78. The maximum Gasteiger partial charge on any atom is 0.272 e. The van der Waals surface area contributed by atoms with Crippen LogP contribution in [0.15, 0.2) is 46.8 Å². The molecule has 0 radical (unpaired) electrons. The zero-order chi connectivity index (χ0) is 22.1. The Labute approximate surface area is 188 Å². The van der Waals surface area contributed by atoms with Gasteiger partial charge in [0.05, 0.1) is 34.7 Å². The van der Waals surface area contributed by atoms with Crippen molar-refractivity contribution in [2.24, 2.45) is 0 Å². The molecule has 1 aliphatic heterocycles. The quantitative estimate of drug-likeness (QED) is 0.506. The predicted octanol–water partition coefficient (Wildman–Crippen LogP) is 2.88. The lowest BCUT2D eigenvalue weighted by atomic mass is 9.95. The smallest absolute Gasteiger partial charge is 0.272 e. The van der Waals surface area contributed by atoms with E-state index >= 15 is 0 Å². The molecule has 0 atom stereocenters. The molecule has 0 bridgehead atoms. The monoisotopic (exact) mass is 448 g/mol. The summed E-state index contributed by atoms with van der Waals surface area (Å²) in [6, 6.07) is 7.27. The van der Waals surface area contributed by atoms with E-state index in [1.165, 1.54) is 0 Å². The lowest BCUT2D eigenvalue weighted by Crippen LogP contribution is -2.39. The van der Waals surface area contributed by atoms with E-state index in [1.54, 1.807) is 17.4 Å². The van der Waals surface area contributed by atoms with Crippen LogP contribution in [0.25, 0.3) is 10.8 Å². The molecule has 32 heavy (non-hydrogen) atoms. The van der Waals surface area contributed by atoms with Crippen molar-refractivity contribution in [1.29, 1.82) is 0 Å². The van der Waals surface area contributed by atoms with Crippen molar-refractivity contribution < 1.29 is 4.79 Å². The highest BCUT2D eigenvalue weighted by Crippen LogP contribution is 2.28. The van der Waals surface area contributed by atoms with Crippen LogP contribution >= 0.6 is 11.3 Å². The first-order chi connectivity index (χ1) is 15.6. The van der Waals surface area contributed by atoms with Gasteiger partial charge in [-0.25, -0.2) is 15.1 Å². The summed E-state index contributed by atoms with van der Waals surface area (Å²) in [6.45, 7) is 4.12. The van der Waals surface area contributed by atoms with Gasteiger partial charge in [-0.2, -0.15) is 5.10 Å². The molecule has 5 rings (SSSR count). The van der Waals surface area contributed by atoms with Crippen LogP contribution < -0.4 is 5.56 Å². The zero-order valence-corrected chi connectivity index (χ0v) is 18.6. The fraction of sp³-hybridized carbons (Fsp3) is 0.348. The standard InChI is InChI=1S/C23H24N6O2S/c1-15-25-17(14-32-15)13-29-11-8-24-22(29)16-6-9-28(10-7-16)21(30)12-20-18-4-2-3-5-19(18)23(31)27-26-20/h2-5,8,11,14,16H,6-7,9-10,12-13H2,1H3,(H,27,31). The summed E-state index contributed by atoms with van der Waals surface area (Å²) in [5.41, 5.74) is 1.43. The third kappa shape index (κ3) is 4.08. The summed E-state index contributed by atoms with van der Waals surface area (Å²) in [7, 11) is 0. The van der Waals surface area contributed by atoms with Crippen LogP contribution in [0.2, 0.25) is 0 Å². The number of nitrogens with zero attached hydrogens (tertiary/aromatic N) is 5. The van der Waals surface area contributed by atoms with Crippen molar-refractivity contribution in [3.63, 3.8) is 0 Å². The van der Waals surface area contributed by atoms with Crippen LogP contribution in [0.1, 0.15) is 41.0 Å². The maximum atomic E-state index is 13.0. The van der Waals surface area contributed by atoms with E-state index in [9.17, 15) is 9.59 Å². The highest BCUT2D eigenvalue weighted by atomic mass is 32.1. The molecule has 1 amide bonds. The first-order valence-electron chi connectivity index (χ1n) is 10.7. The zero-order valence-electron chi connectivity index (χ0n) is 17.8. The number of nitrogens with one attached hydrogen (secondary N) is 1. The van der Waals surface area contributed by atoms with Crippen LogP contribution in [-0.2, 0) is 17.8 Å². The molecule has 164 valence electrons. The molecule has 1 aromatic carbocycles. The lowest BCUT2D eigenvalue weighted by molar-refractivity contribution is -0.131. The van der Waals surface area contributed by atoms with E-state index in [-0.39, 0.29) is 17.9 Å². The molecule has 1 N–H and O–H groups in total. The Morgan fingerprint density at radius 1 is 1.22 bits per heavy atom. The molecular formula is C23H24N6O2S. The highest BCUT2D eigenvalue weighted by molar-refractivity contribution is 7.09. The molecule has 0 spiro atoms. The van der Waals surface area contributed by atoms with Crippen molar-refractivity contribution in [1.82, 2.24) is 29.6 Å². The van der Waals surface area contributed by atoms with Crippen molar-refractivity contribution in [2.75, 3.05) is 13.1 Å². The molecule has 0 aliphatic carbocycles. The number of piperidine rings is 1. The fourth-order valence-electron chi connectivity index (χ4n) is 4.42. The number of amides is 1. The van der Waals surface area contributed by atoms with E-state index in [0.29, 0.717) is 30.1 Å². The molecule has 3 aromatic heterocycles. The molecule has 1 fully saturated rings. The number of aromatic amines is 1. The Morgan fingerprint density at radius 2 is 2.00 bits per heavy atom. The summed E-state index contributed by atoms with van der Waals surface area (Å²) >= 11 is 1.66. The van der Waals surface area contributed by atoms with Gasteiger partial charge in [0.2, 0.25) is 5.91 Å². The van der Waals surface area contributed by atoms with Crippen molar-refractivity contribution in [3.05, 3.63) is 74.6 Å². The van der Waals surface area contributed by atoms with Crippen molar-refractivity contribution in [2.45, 2.75) is 38.6 Å². The molecule has 9 heteroatoms. The topological polar surface area (TPSA) is 96.8 Å². The Bertz CT molecular complexity index is 1320. The number of fused-ring (bicyclic) bond motifs is 1. The minimum atomic E-state index is -0.235. The van der Waals surface area contributed by atoms with Gasteiger partial charge in [-0.3, -0.25) is 9.59 Å². The van der Waals surface area contributed by atoms with Crippen LogP contribution in [-0.4, -0.2) is 48.6 Å². The maximum absolute atomic E-state index is 13.0. The van der Waals surface area contributed by atoms with Gasteiger partial charge in [-0.05, 0) is 25.8 Å². The Kier molecular flexibility index (Phi) is 5.57. The Balaban J connectivity index is 1.24.